The third-order valence-corrected chi connectivity index (χ3v) is 3.09. The van der Waals surface area contributed by atoms with Crippen LogP contribution in [0.2, 0.25) is 0 Å². The predicted molar refractivity (Wildman–Crippen MR) is 63.6 cm³/mol. The maximum Gasteiger partial charge on any atom is 0.184 e. The first-order valence-corrected chi connectivity index (χ1v) is 5.95. The van der Waals surface area contributed by atoms with E-state index in [0.29, 0.717) is 0 Å². The second kappa shape index (κ2) is 5.77. The van der Waals surface area contributed by atoms with Crippen molar-refractivity contribution < 1.29 is 24.8 Å². The fourth-order valence-corrected chi connectivity index (χ4v) is 1.97. The zero-order valence-corrected chi connectivity index (χ0v) is 10.1. The molecule has 5 atom stereocenters. The van der Waals surface area contributed by atoms with Crippen molar-refractivity contribution in [3.8, 4) is 0 Å². The molecule has 0 saturated carbocycles. The summed E-state index contributed by atoms with van der Waals surface area (Å²) >= 11 is 0. The highest BCUT2D eigenvalue weighted by molar-refractivity contribution is 5.13. The highest BCUT2D eigenvalue weighted by Gasteiger charge is 2.42. The van der Waals surface area contributed by atoms with E-state index in [1.165, 1.54) is 0 Å². The van der Waals surface area contributed by atoms with Crippen LogP contribution in [0.15, 0.2) is 30.3 Å². The summed E-state index contributed by atoms with van der Waals surface area (Å²) in [6, 6.07) is 9.39. The van der Waals surface area contributed by atoms with Gasteiger partial charge in [0.1, 0.15) is 18.3 Å². The normalized spacial score (nSPS) is 36.6. The number of hydrogen-bond donors (Lipinski definition) is 3. The minimum Gasteiger partial charge on any atom is -0.388 e. The molecule has 0 aromatic heterocycles. The Morgan fingerprint density at radius 1 is 1.11 bits per heavy atom. The lowest BCUT2D eigenvalue weighted by atomic mass is 10.00. The summed E-state index contributed by atoms with van der Waals surface area (Å²) in [6.07, 6.45) is -5.02. The van der Waals surface area contributed by atoms with Gasteiger partial charge in [0.15, 0.2) is 6.29 Å². The van der Waals surface area contributed by atoms with Crippen molar-refractivity contribution in [2.24, 2.45) is 0 Å². The first-order chi connectivity index (χ1) is 8.59. The van der Waals surface area contributed by atoms with Gasteiger partial charge in [-0.25, -0.2) is 0 Å². The number of hydrogen-bond acceptors (Lipinski definition) is 5. The average molecular weight is 254 g/mol. The predicted octanol–water partition coefficient (Wildman–Crippen LogP) is 0.0307. The Balaban J connectivity index is 1.96. The Labute approximate surface area is 106 Å². The molecular weight excluding hydrogens is 236 g/mol. The molecule has 1 aromatic carbocycles. The van der Waals surface area contributed by atoms with Crippen molar-refractivity contribution in [3.05, 3.63) is 35.9 Å². The van der Waals surface area contributed by atoms with Crippen molar-refractivity contribution in [2.45, 2.75) is 44.2 Å². The van der Waals surface area contributed by atoms with Crippen molar-refractivity contribution in [1.82, 2.24) is 0 Å². The Morgan fingerprint density at radius 2 is 1.78 bits per heavy atom. The van der Waals surface area contributed by atoms with Crippen LogP contribution >= 0.6 is 0 Å². The molecule has 5 heteroatoms. The fourth-order valence-electron chi connectivity index (χ4n) is 1.97. The van der Waals surface area contributed by atoms with Crippen LogP contribution in [0.25, 0.3) is 0 Å². The first kappa shape index (κ1) is 13.5. The summed E-state index contributed by atoms with van der Waals surface area (Å²) in [5.74, 6) is 0. The van der Waals surface area contributed by atoms with Gasteiger partial charge in [-0.2, -0.15) is 0 Å². The summed E-state index contributed by atoms with van der Waals surface area (Å²) < 4.78 is 10.5. The van der Waals surface area contributed by atoms with E-state index >= 15 is 0 Å². The lowest BCUT2D eigenvalue weighted by Crippen LogP contribution is -2.57. The van der Waals surface area contributed by atoms with Gasteiger partial charge in [0, 0.05) is 0 Å². The van der Waals surface area contributed by atoms with E-state index in [1.54, 1.807) is 6.92 Å². The van der Waals surface area contributed by atoms with E-state index in [-0.39, 0.29) is 6.61 Å². The number of ether oxygens (including phenoxy) is 2. The van der Waals surface area contributed by atoms with Gasteiger partial charge in [-0.05, 0) is 12.5 Å². The number of rotatable bonds is 3. The van der Waals surface area contributed by atoms with E-state index in [0.717, 1.165) is 5.56 Å². The average Bonchev–Trinajstić information content (AvgIpc) is 2.37. The monoisotopic (exact) mass is 254 g/mol. The highest BCUT2D eigenvalue weighted by Crippen LogP contribution is 2.22. The molecule has 1 fully saturated rings. The molecule has 1 heterocycles. The van der Waals surface area contributed by atoms with Crippen LogP contribution in [0.1, 0.15) is 12.5 Å². The fraction of sp³-hybridized carbons (Fsp3) is 0.538. The van der Waals surface area contributed by atoms with Crippen molar-refractivity contribution >= 4 is 0 Å². The molecule has 2 rings (SSSR count). The van der Waals surface area contributed by atoms with Gasteiger partial charge in [0.05, 0.1) is 12.7 Å². The van der Waals surface area contributed by atoms with Crippen molar-refractivity contribution in [1.29, 1.82) is 0 Å². The molecule has 1 aromatic rings. The van der Waals surface area contributed by atoms with Gasteiger partial charge in [-0.15, -0.1) is 0 Å². The summed E-state index contributed by atoms with van der Waals surface area (Å²) in [7, 11) is 0. The number of aliphatic hydroxyl groups excluding tert-OH is 3. The van der Waals surface area contributed by atoms with E-state index in [1.807, 2.05) is 30.3 Å². The molecule has 18 heavy (non-hydrogen) atoms. The van der Waals surface area contributed by atoms with E-state index in [9.17, 15) is 15.3 Å². The SMILES string of the molecule is C[C@H]1O[C@H](O)[C@@H](OCc2ccccc2)[C@@H](O)C1O. The topological polar surface area (TPSA) is 79.2 Å². The van der Waals surface area contributed by atoms with Gasteiger partial charge in [0.25, 0.3) is 0 Å². The van der Waals surface area contributed by atoms with Crippen LogP contribution in [0.3, 0.4) is 0 Å². The molecule has 100 valence electrons. The molecule has 5 nitrogen and oxygen atoms in total. The molecule has 1 aliphatic heterocycles. The van der Waals surface area contributed by atoms with Crippen molar-refractivity contribution in [3.63, 3.8) is 0 Å². The van der Waals surface area contributed by atoms with Gasteiger partial charge in [0.2, 0.25) is 0 Å². The lowest BCUT2D eigenvalue weighted by Gasteiger charge is -2.39. The van der Waals surface area contributed by atoms with Crippen LogP contribution in [-0.4, -0.2) is 46.0 Å². The van der Waals surface area contributed by atoms with Crippen LogP contribution < -0.4 is 0 Å². The third kappa shape index (κ3) is 2.88. The summed E-state index contributed by atoms with van der Waals surface area (Å²) in [5.41, 5.74) is 0.921. The lowest BCUT2D eigenvalue weighted by molar-refractivity contribution is -0.290. The molecule has 0 spiro atoms. The molecule has 0 bridgehead atoms. The van der Waals surface area contributed by atoms with Crippen LogP contribution in [0.4, 0.5) is 0 Å². The highest BCUT2D eigenvalue weighted by atomic mass is 16.7. The zero-order valence-electron chi connectivity index (χ0n) is 10.1. The number of benzene rings is 1. The second-order valence-corrected chi connectivity index (χ2v) is 4.47. The van der Waals surface area contributed by atoms with Crippen LogP contribution in [-0.2, 0) is 16.1 Å². The summed E-state index contributed by atoms with van der Waals surface area (Å²) in [4.78, 5) is 0. The Bertz CT molecular complexity index is 369. The zero-order chi connectivity index (χ0) is 13.1. The first-order valence-electron chi connectivity index (χ1n) is 5.95. The van der Waals surface area contributed by atoms with Crippen LogP contribution in [0.5, 0.6) is 0 Å². The van der Waals surface area contributed by atoms with Crippen LogP contribution in [0, 0.1) is 0 Å². The molecule has 0 amide bonds. The summed E-state index contributed by atoms with van der Waals surface area (Å²) in [5, 5.41) is 29.2. The number of aliphatic hydroxyl groups is 3. The standard InChI is InChI=1S/C13H18O5/c1-8-10(14)11(15)12(13(16)18-8)17-7-9-5-3-2-4-6-9/h2-6,8,10-16H,7H2,1H3/t8-,10?,11+,12+,13+/m1/s1. The minimum absolute atomic E-state index is 0.240. The Hall–Kier alpha value is -0.980. The van der Waals surface area contributed by atoms with E-state index in [2.05, 4.69) is 0 Å². The maximum absolute atomic E-state index is 9.84. The van der Waals surface area contributed by atoms with Gasteiger partial charge in [-0.1, -0.05) is 30.3 Å². The molecule has 1 saturated heterocycles. The largest absolute Gasteiger partial charge is 0.388 e. The second-order valence-electron chi connectivity index (χ2n) is 4.47. The molecule has 0 radical (unpaired) electrons. The molecule has 0 aliphatic carbocycles. The minimum atomic E-state index is -1.23. The van der Waals surface area contributed by atoms with E-state index < -0.39 is 30.7 Å². The van der Waals surface area contributed by atoms with Gasteiger partial charge < -0.3 is 24.8 Å². The maximum atomic E-state index is 9.84. The van der Waals surface area contributed by atoms with Gasteiger partial charge >= 0.3 is 0 Å². The molecular formula is C13H18O5. The quantitative estimate of drug-likeness (QED) is 0.709. The summed E-state index contributed by atoms with van der Waals surface area (Å²) in [6.45, 7) is 1.83. The van der Waals surface area contributed by atoms with Crippen molar-refractivity contribution in [2.75, 3.05) is 0 Å². The molecule has 1 aliphatic rings. The molecule has 1 unspecified atom stereocenters. The van der Waals surface area contributed by atoms with Gasteiger partial charge in [-0.3, -0.25) is 0 Å². The Kier molecular flexibility index (Phi) is 4.31. The molecule has 3 N–H and O–H groups in total. The van der Waals surface area contributed by atoms with E-state index in [4.69, 9.17) is 9.47 Å². The smallest absolute Gasteiger partial charge is 0.184 e. The Morgan fingerprint density at radius 3 is 2.44 bits per heavy atom. The third-order valence-electron chi connectivity index (χ3n) is 3.09.